The first-order valence-corrected chi connectivity index (χ1v) is 6.72. The summed E-state index contributed by atoms with van der Waals surface area (Å²) in [6.07, 6.45) is 0. The molecule has 8 nitrogen and oxygen atoms in total. The fraction of sp³-hybridized carbons (Fsp3) is 0.400. The first-order chi connectivity index (χ1) is 8.94. The van der Waals surface area contributed by atoms with Gasteiger partial charge < -0.3 is 14.2 Å². The number of sulfonamides is 1. The summed E-state index contributed by atoms with van der Waals surface area (Å²) in [5.41, 5.74) is 0.281. The number of fused-ring (bicyclic) bond motifs is 1. The maximum atomic E-state index is 12.0. The Hall–Kier alpha value is -2.03. The number of benzene rings is 1. The van der Waals surface area contributed by atoms with Crippen LogP contribution in [0, 0.1) is 4.91 Å². The van der Waals surface area contributed by atoms with E-state index in [4.69, 9.17) is 14.2 Å². The van der Waals surface area contributed by atoms with E-state index in [1.165, 1.54) is 27.4 Å². The van der Waals surface area contributed by atoms with Crippen LogP contribution in [0.2, 0.25) is 0 Å². The number of hydrogen-bond acceptors (Lipinski definition) is 6. The van der Waals surface area contributed by atoms with E-state index >= 15 is 0 Å². The highest BCUT2D eigenvalue weighted by Gasteiger charge is 2.39. The number of ether oxygens (including phenoxy) is 3. The van der Waals surface area contributed by atoms with Crippen LogP contribution in [0.15, 0.2) is 11.0 Å². The number of nitroso groups, excluding NO2 is 1. The minimum Gasteiger partial charge on any atom is -0.493 e. The van der Waals surface area contributed by atoms with Crippen molar-refractivity contribution >= 4 is 10.0 Å². The minimum absolute atomic E-state index is 0.0115. The zero-order valence-electron chi connectivity index (χ0n) is 10.6. The summed E-state index contributed by atoms with van der Waals surface area (Å²) in [5.74, 6) is 0.467. The van der Waals surface area contributed by atoms with E-state index in [-0.39, 0.29) is 33.4 Å². The molecule has 1 heterocycles. The van der Waals surface area contributed by atoms with Crippen LogP contribution in [0.4, 0.5) is 0 Å². The maximum absolute atomic E-state index is 12.0. The van der Waals surface area contributed by atoms with Crippen LogP contribution < -0.4 is 19.0 Å². The summed E-state index contributed by atoms with van der Waals surface area (Å²) >= 11 is 0. The number of methoxy groups -OCH3 is 3. The van der Waals surface area contributed by atoms with Gasteiger partial charge in [-0.1, -0.05) is 0 Å². The summed E-state index contributed by atoms with van der Waals surface area (Å²) in [6, 6.07) is 1.44. The van der Waals surface area contributed by atoms with Gasteiger partial charge in [-0.05, 0) is 10.9 Å². The molecule has 19 heavy (non-hydrogen) atoms. The van der Waals surface area contributed by atoms with Crippen molar-refractivity contribution in [3.05, 3.63) is 16.5 Å². The molecule has 104 valence electrons. The van der Waals surface area contributed by atoms with Crippen molar-refractivity contribution in [2.75, 3.05) is 21.3 Å². The third kappa shape index (κ3) is 2.05. The number of rotatable bonds is 3. The summed E-state index contributed by atoms with van der Waals surface area (Å²) in [7, 11) is 0.109. The number of hydrogen-bond donors (Lipinski definition) is 1. The summed E-state index contributed by atoms with van der Waals surface area (Å²) in [4.78, 5) is 13.3. The highest BCUT2D eigenvalue weighted by atomic mass is 32.2. The minimum atomic E-state index is -3.99. The molecule has 0 spiro atoms. The molecule has 0 fully saturated rings. The lowest BCUT2D eigenvalue weighted by Gasteiger charge is -2.19. The summed E-state index contributed by atoms with van der Waals surface area (Å²) in [6.45, 7) is -0.148. The highest BCUT2D eigenvalue weighted by Crippen LogP contribution is 2.45. The summed E-state index contributed by atoms with van der Waals surface area (Å²) in [5, 5.41) is 0. The molecule has 0 aromatic heterocycles. The van der Waals surface area contributed by atoms with Gasteiger partial charge in [0.05, 0.1) is 31.8 Å². The van der Waals surface area contributed by atoms with Gasteiger partial charge in [0.2, 0.25) is 5.75 Å². The zero-order valence-corrected chi connectivity index (χ0v) is 11.4. The Morgan fingerprint density at radius 2 is 1.79 bits per heavy atom. The Balaban J connectivity index is 2.84. The first kappa shape index (κ1) is 13.4. The highest BCUT2D eigenvalue weighted by molar-refractivity contribution is 7.89. The predicted molar refractivity (Wildman–Crippen MR) is 63.8 cm³/mol. The number of nitrogens with one attached hydrogen (secondary N) is 1. The van der Waals surface area contributed by atoms with E-state index in [2.05, 4.69) is 0 Å². The lowest BCUT2D eigenvalue weighted by molar-refractivity contribution is -0.602. The van der Waals surface area contributed by atoms with Crippen LogP contribution in [-0.4, -0.2) is 34.6 Å². The van der Waals surface area contributed by atoms with Gasteiger partial charge in [0.25, 0.3) is 6.54 Å². The van der Waals surface area contributed by atoms with Crippen molar-refractivity contribution in [3.8, 4) is 17.2 Å². The second kappa shape index (κ2) is 4.57. The normalized spacial score (nSPS) is 16.3. The van der Waals surface area contributed by atoms with Gasteiger partial charge in [-0.25, -0.2) is 0 Å². The second-order valence-corrected chi connectivity index (χ2v) is 5.36. The molecule has 0 amide bonds. The SMILES string of the molecule is COc1cc2c(c(OC)c1OC)S(=O)(=O)N[N+](=O)C2. The monoisotopic (exact) mass is 289 g/mol. The van der Waals surface area contributed by atoms with Crippen LogP contribution in [0.1, 0.15) is 5.56 Å². The average molecular weight is 289 g/mol. The maximum Gasteiger partial charge on any atom is 0.314 e. The number of nitrogens with zero attached hydrogens (tertiary/aromatic N) is 1. The van der Waals surface area contributed by atoms with E-state index in [0.717, 1.165) is 0 Å². The van der Waals surface area contributed by atoms with Crippen molar-refractivity contribution < 1.29 is 27.5 Å². The van der Waals surface area contributed by atoms with Gasteiger partial charge in [0, 0.05) is 0 Å². The Morgan fingerprint density at radius 3 is 2.32 bits per heavy atom. The van der Waals surface area contributed by atoms with Crippen molar-refractivity contribution in [2.24, 2.45) is 0 Å². The molecular weight excluding hydrogens is 276 g/mol. The Bertz CT molecular complexity index is 640. The van der Waals surface area contributed by atoms with Gasteiger partial charge in [0.1, 0.15) is 9.76 Å². The van der Waals surface area contributed by atoms with E-state index in [9.17, 15) is 13.3 Å². The molecule has 1 aromatic rings. The van der Waals surface area contributed by atoms with Gasteiger partial charge >= 0.3 is 10.0 Å². The molecule has 0 atom stereocenters. The largest absolute Gasteiger partial charge is 0.493 e. The molecule has 1 N–H and O–H groups in total. The molecule has 2 rings (SSSR count). The summed E-state index contributed by atoms with van der Waals surface area (Å²) < 4.78 is 39.3. The molecule has 1 aliphatic heterocycles. The lowest BCUT2D eigenvalue weighted by atomic mass is 10.1. The van der Waals surface area contributed by atoms with Crippen LogP contribution >= 0.6 is 0 Å². The molecule has 9 heteroatoms. The van der Waals surface area contributed by atoms with E-state index in [1.807, 2.05) is 4.83 Å². The van der Waals surface area contributed by atoms with Crippen molar-refractivity contribution in [1.82, 2.24) is 4.83 Å². The molecule has 0 aliphatic carbocycles. The predicted octanol–water partition coefficient (Wildman–Crippen LogP) is 0.198. The fourth-order valence-corrected chi connectivity index (χ4v) is 3.27. The standard InChI is InChI=1S/C10H13N2O6S/c1-16-7-4-6-5-12(13)11-19(14,15)10(6)9(18-3)8(7)17-2/h4H,5H2,1-3H3,(H,11,13)/q+1. The molecule has 1 aromatic carbocycles. The second-order valence-electron chi connectivity index (χ2n) is 3.76. The Labute approximate surface area is 109 Å². The Kier molecular flexibility index (Phi) is 3.23. The van der Waals surface area contributed by atoms with Gasteiger partial charge in [-0.2, -0.15) is 8.42 Å². The van der Waals surface area contributed by atoms with Gasteiger partial charge in [-0.15, -0.1) is 0 Å². The lowest BCUT2D eigenvalue weighted by Crippen LogP contribution is -2.38. The third-order valence-corrected chi connectivity index (χ3v) is 4.10. The molecule has 0 unspecified atom stereocenters. The smallest absolute Gasteiger partial charge is 0.314 e. The quantitative estimate of drug-likeness (QED) is 0.799. The van der Waals surface area contributed by atoms with E-state index in [0.29, 0.717) is 5.75 Å². The third-order valence-electron chi connectivity index (χ3n) is 2.67. The van der Waals surface area contributed by atoms with Crippen molar-refractivity contribution in [2.45, 2.75) is 11.4 Å². The van der Waals surface area contributed by atoms with E-state index < -0.39 is 10.0 Å². The van der Waals surface area contributed by atoms with Crippen molar-refractivity contribution in [1.29, 1.82) is 0 Å². The van der Waals surface area contributed by atoms with Crippen LogP contribution in [-0.2, 0) is 16.6 Å². The van der Waals surface area contributed by atoms with Crippen LogP contribution in [0.5, 0.6) is 17.2 Å². The Morgan fingerprint density at radius 1 is 1.16 bits per heavy atom. The number of hydrazine groups is 1. The van der Waals surface area contributed by atoms with Gasteiger partial charge in [-0.3, -0.25) is 0 Å². The fourth-order valence-electron chi connectivity index (χ4n) is 1.96. The molecule has 0 saturated carbocycles. The first-order valence-electron chi connectivity index (χ1n) is 5.23. The van der Waals surface area contributed by atoms with E-state index in [1.54, 1.807) is 0 Å². The molecule has 0 bridgehead atoms. The molecule has 0 saturated heterocycles. The molecule has 1 aliphatic rings. The van der Waals surface area contributed by atoms with Crippen LogP contribution in [0.25, 0.3) is 0 Å². The topological polar surface area (TPSA) is 93.9 Å². The average Bonchev–Trinajstić information content (AvgIpc) is 2.34. The van der Waals surface area contributed by atoms with Gasteiger partial charge in [0.15, 0.2) is 11.5 Å². The van der Waals surface area contributed by atoms with Crippen LogP contribution in [0.3, 0.4) is 0 Å². The van der Waals surface area contributed by atoms with Crippen molar-refractivity contribution in [3.63, 3.8) is 0 Å². The zero-order chi connectivity index (χ0) is 14.2. The molecular formula is C10H13N2O6S+. The molecule has 0 radical (unpaired) electrons.